The summed E-state index contributed by atoms with van der Waals surface area (Å²) >= 11 is 0. The van der Waals surface area contributed by atoms with Gasteiger partial charge in [-0.15, -0.1) is 0 Å². The van der Waals surface area contributed by atoms with Crippen LogP contribution in [0.5, 0.6) is 0 Å². The average molecular weight is 549 g/mol. The molecule has 212 valence electrons. The van der Waals surface area contributed by atoms with Crippen LogP contribution in [0.25, 0.3) is 0 Å². The number of carbonyl (C=O) groups is 4. The zero-order valence-corrected chi connectivity index (χ0v) is 23.2. The lowest BCUT2D eigenvalue weighted by atomic mass is 9.65. The maximum absolute atomic E-state index is 12.5. The van der Waals surface area contributed by atoms with Gasteiger partial charge in [0.2, 0.25) is 0 Å². The molecule has 2 aromatic rings. The minimum atomic E-state index is -0.523. The highest BCUT2D eigenvalue weighted by molar-refractivity contribution is 5.90. The van der Waals surface area contributed by atoms with Crippen molar-refractivity contribution in [3.8, 4) is 0 Å². The van der Waals surface area contributed by atoms with Crippen LogP contribution in [0.15, 0.2) is 72.8 Å². The average Bonchev–Trinajstić information content (AvgIpc) is 2.97. The highest BCUT2D eigenvalue weighted by Gasteiger charge is 2.36. The molecule has 40 heavy (non-hydrogen) atoms. The van der Waals surface area contributed by atoms with Gasteiger partial charge in [-0.1, -0.05) is 56.7 Å². The molecule has 1 aliphatic rings. The summed E-state index contributed by atoms with van der Waals surface area (Å²) in [4.78, 5) is 47.8. The molecule has 0 N–H and O–H groups in total. The van der Waals surface area contributed by atoms with Gasteiger partial charge >= 0.3 is 23.9 Å². The fraction of sp³-hybridized carbons (Fsp3) is 0.375. The quantitative estimate of drug-likeness (QED) is 0.148. The number of carbonyl (C=O) groups excluding carboxylic acids is 4. The molecule has 0 aromatic heterocycles. The van der Waals surface area contributed by atoms with Crippen LogP contribution in [0, 0.1) is 0 Å². The first-order chi connectivity index (χ1) is 19.1. The molecule has 8 nitrogen and oxygen atoms in total. The second kappa shape index (κ2) is 14.3. The molecule has 0 heterocycles. The van der Waals surface area contributed by atoms with E-state index in [-0.39, 0.29) is 43.0 Å². The van der Waals surface area contributed by atoms with Crippen LogP contribution < -0.4 is 0 Å². The minimum Gasteiger partial charge on any atom is -0.459 e. The Morgan fingerprint density at radius 3 is 1.30 bits per heavy atom. The topological polar surface area (TPSA) is 105 Å². The standard InChI is InChI=1S/C32H36O8/c1-22(2)28(33)37-18-20-39-30(35)24-8-12-26(13-9-24)32(16-6-5-7-17-32)27-14-10-25(11-15-27)31(36)40-21-19-38-29(34)23(3)4/h8-15H,1,3,5-7,16-21H2,2,4H3. The van der Waals surface area contributed by atoms with Crippen molar-refractivity contribution in [2.45, 2.75) is 51.4 Å². The van der Waals surface area contributed by atoms with Crippen LogP contribution in [-0.4, -0.2) is 50.3 Å². The van der Waals surface area contributed by atoms with Gasteiger partial charge in [-0.25, -0.2) is 19.2 Å². The fourth-order valence-electron chi connectivity index (χ4n) is 4.70. The van der Waals surface area contributed by atoms with Crippen LogP contribution in [0.2, 0.25) is 0 Å². The maximum Gasteiger partial charge on any atom is 0.338 e. The number of esters is 4. The predicted molar refractivity (Wildman–Crippen MR) is 149 cm³/mol. The van der Waals surface area contributed by atoms with Crippen LogP contribution in [-0.2, 0) is 34.0 Å². The van der Waals surface area contributed by atoms with Gasteiger partial charge in [0.25, 0.3) is 0 Å². The van der Waals surface area contributed by atoms with Gasteiger partial charge in [-0.05, 0) is 62.1 Å². The van der Waals surface area contributed by atoms with Gasteiger partial charge in [0.15, 0.2) is 0 Å². The van der Waals surface area contributed by atoms with Gasteiger partial charge < -0.3 is 18.9 Å². The van der Waals surface area contributed by atoms with E-state index in [1.165, 1.54) is 0 Å². The molecule has 3 rings (SSSR count). The molecule has 0 saturated heterocycles. The van der Waals surface area contributed by atoms with Crippen LogP contribution in [0.4, 0.5) is 0 Å². The van der Waals surface area contributed by atoms with Crippen LogP contribution >= 0.6 is 0 Å². The number of rotatable bonds is 12. The van der Waals surface area contributed by atoms with Crippen molar-refractivity contribution in [1.29, 1.82) is 0 Å². The number of benzene rings is 2. The molecule has 0 radical (unpaired) electrons. The SMILES string of the molecule is C=C(C)C(=O)OCCOC(=O)c1ccc(C2(c3ccc(C(=O)OCCOC(=O)C(=C)C)cc3)CCCCC2)cc1. The summed E-state index contributed by atoms with van der Waals surface area (Å²) in [6.07, 6.45) is 5.19. The Morgan fingerprint density at radius 2 is 0.950 bits per heavy atom. The molecule has 0 unspecified atom stereocenters. The zero-order valence-electron chi connectivity index (χ0n) is 23.2. The molecule has 1 fully saturated rings. The maximum atomic E-state index is 12.5. The summed E-state index contributed by atoms with van der Waals surface area (Å²) in [7, 11) is 0. The van der Waals surface area contributed by atoms with Crippen molar-refractivity contribution in [2.75, 3.05) is 26.4 Å². The molecular weight excluding hydrogens is 512 g/mol. The third-order valence-corrected chi connectivity index (χ3v) is 6.85. The van der Waals surface area contributed by atoms with Gasteiger partial charge in [0.05, 0.1) is 11.1 Å². The second-order valence-electron chi connectivity index (χ2n) is 9.90. The summed E-state index contributed by atoms with van der Waals surface area (Å²) in [6, 6.07) is 14.8. The van der Waals surface area contributed by atoms with Gasteiger partial charge in [-0.2, -0.15) is 0 Å². The first-order valence-electron chi connectivity index (χ1n) is 13.3. The Balaban J connectivity index is 1.64. The molecule has 8 heteroatoms. The summed E-state index contributed by atoms with van der Waals surface area (Å²) < 4.78 is 20.4. The highest BCUT2D eigenvalue weighted by atomic mass is 16.6. The molecule has 1 saturated carbocycles. The Hall–Kier alpha value is -4.20. The van der Waals surface area contributed by atoms with Crippen molar-refractivity contribution < 1.29 is 38.1 Å². The first-order valence-corrected chi connectivity index (χ1v) is 13.3. The van der Waals surface area contributed by atoms with E-state index in [1.807, 2.05) is 24.3 Å². The van der Waals surface area contributed by atoms with E-state index in [2.05, 4.69) is 13.2 Å². The smallest absolute Gasteiger partial charge is 0.338 e. The van der Waals surface area contributed by atoms with Gasteiger partial charge in [0, 0.05) is 16.6 Å². The molecule has 0 atom stereocenters. The molecule has 0 amide bonds. The molecule has 0 aliphatic heterocycles. The van der Waals surface area contributed by atoms with E-state index in [9.17, 15) is 19.2 Å². The van der Waals surface area contributed by atoms with E-state index >= 15 is 0 Å². The summed E-state index contributed by atoms with van der Waals surface area (Å²) in [5, 5.41) is 0. The van der Waals surface area contributed by atoms with E-state index in [0.29, 0.717) is 11.1 Å². The third kappa shape index (κ3) is 7.91. The first kappa shape index (κ1) is 30.3. The third-order valence-electron chi connectivity index (χ3n) is 6.85. The highest BCUT2D eigenvalue weighted by Crippen LogP contribution is 2.45. The molecular formula is C32H36O8. The lowest BCUT2D eigenvalue weighted by molar-refractivity contribution is -0.140. The molecule has 0 bridgehead atoms. The van der Waals surface area contributed by atoms with Crippen molar-refractivity contribution >= 4 is 23.9 Å². The minimum absolute atomic E-state index is 0.0371. The molecule has 1 aliphatic carbocycles. The summed E-state index contributed by atoms with van der Waals surface area (Å²) in [5.74, 6) is -2.03. The number of ether oxygens (including phenoxy) is 4. The summed E-state index contributed by atoms with van der Waals surface area (Å²) in [5.41, 5.74) is 3.33. The van der Waals surface area contributed by atoms with Crippen molar-refractivity contribution in [1.82, 2.24) is 0 Å². The van der Waals surface area contributed by atoms with Gasteiger partial charge in [0.1, 0.15) is 26.4 Å². The van der Waals surface area contributed by atoms with Crippen LogP contribution in [0.1, 0.15) is 77.8 Å². The van der Waals surface area contributed by atoms with Crippen LogP contribution in [0.3, 0.4) is 0 Å². The van der Waals surface area contributed by atoms with Gasteiger partial charge in [-0.3, -0.25) is 0 Å². The number of hydrogen-bond donors (Lipinski definition) is 0. The normalized spacial score (nSPS) is 13.9. The Labute approximate surface area is 235 Å². The lowest BCUT2D eigenvalue weighted by Crippen LogP contribution is -2.30. The van der Waals surface area contributed by atoms with Crippen molar-refractivity contribution in [2.24, 2.45) is 0 Å². The van der Waals surface area contributed by atoms with Crippen molar-refractivity contribution in [3.63, 3.8) is 0 Å². The van der Waals surface area contributed by atoms with E-state index < -0.39 is 23.9 Å². The Kier molecular flexibility index (Phi) is 10.8. The second-order valence-corrected chi connectivity index (χ2v) is 9.90. The van der Waals surface area contributed by atoms with Crippen molar-refractivity contribution in [3.05, 3.63) is 95.1 Å². The van der Waals surface area contributed by atoms with E-state index in [4.69, 9.17) is 18.9 Å². The zero-order chi connectivity index (χ0) is 29.1. The summed E-state index contributed by atoms with van der Waals surface area (Å²) in [6.45, 7) is 9.95. The number of hydrogen-bond acceptors (Lipinski definition) is 8. The van der Waals surface area contributed by atoms with E-state index in [1.54, 1.807) is 38.1 Å². The monoisotopic (exact) mass is 548 g/mol. The Morgan fingerprint density at radius 1 is 0.600 bits per heavy atom. The molecule has 2 aromatic carbocycles. The largest absolute Gasteiger partial charge is 0.459 e. The Bertz CT molecular complexity index is 1140. The predicted octanol–water partition coefficient (Wildman–Crippen LogP) is 5.49. The fourth-order valence-corrected chi connectivity index (χ4v) is 4.70. The lowest BCUT2D eigenvalue weighted by Gasteiger charge is -2.38. The van der Waals surface area contributed by atoms with E-state index in [0.717, 1.165) is 43.2 Å². The molecule has 0 spiro atoms.